The number of anilines is 1. The Hall–Kier alpha value is -3.68. The Kier molecular flexibility index (Phi) is 6.03. The van der Waals surface area contributed by atoms with Gasteiger partial charge in [0, 0.05) is 24.3 Å². The van der Waals surface area contributed by atoms with Gasteiger partial charge >= 0.3 is 12.0 Å². The lowest BCUT2D eigenvalue weighted by molar-refractivity contribution is -0.152. The molecule has 0 aliphatic carbocycles. The number of rotatable bonds is 5. The maximum Gasteiger partial charge on any atom is 0.321 e. The molecular formula is C22H22N4O4. The molecule has 2 aromatic carbocycles. The van der Waals surface area contributed by atoms with Crippen molar-refractivity contribution >= 4 is 17.7 Å². The van der Waals surface area contributed by atoms with E-state index in [2.05, 4.69) is 15.5 Å². The van der Waals surface area contributed by atoms with Crippen molar-refractivity contribution < 1.29 is 18.8 Å². The smallest absolute Gasteiger partial charge is 0.321 e. The molecule has 154 valence electrons. The number of para-hydroxylation sites is 1. The highest BCUT2D eigenvalue weighted by atomic mass is 16.6. The van der Waals surface area contributed by atoms with Crippen LogP contribution in [0.2, 0.25) is 0 Å². The third-order valence-corrected chi connectivity index (χ3v) is 4.98. The Labute approximate surface area is 173 Å². The first kappa shape index (κ1) is 19.6. The number of nitrogens with zero attached hydrogens (tertiary/aromatic N) is 3. The van der Waals surface area contributed by atoms with Gasteiger partial charge in [-0.25, -0.2) is 4.79 Å². The Bertz CT molecular complexity index is 983. The van der Waals surface area contributed by atoms with Crippen molar-refractivity contribution in [1.29, 1.82) is 0 Å². The summed E-state index contributed by atoms with van der Waals surface area (Å²) in [5.74, 6) is 0.154. The summed E-state index contributed by atoms with van der Waals surface area (Å²) >= 11 is 0. The lowest BCUT2D eigenvalue weighted by Gasteiger charge is -2.30. The predicted molar refractivity (Wildman–Crippen MR) is 109 cm³/mol. The predicted octanol–water partition coefficient (Wildman–Crippen LogP) is 3.72. The number of nitrogens with one attached hydrogen (secondary N) is 1. The third kappa shape index (κ3) is 4.83. The molecule has 0 saturated carbocycles. The monoisotopic (exact) mass is 406 g/mol. The maximum atomic E-state index is 12.4. The summed E-state index contributed by atoms with van der Waals surface area (Å²) in [6, 6.07) is 18.6. The van der Waals surface area contributed by atoms with Crippen LogP contribution in [-0.4, -0.2) is 40.1 Å². The van der Waals surface area contributed by atoms with Gasteiger partial charge in [0.25, 0.3) is 5.89 Å². The van der Waals surface area contributed by atoms with E-state index in [1.54, 1.807) is 4.90 Å². The van der Waals surface area contributed by atoms with Gasteiger partial charge in [-0.1, -0.05) is 53.7 Å². The first-order valence-corrected chi connectivity index (χ1v) is 9.84. The number of carbonyl (C=O) groups is 2. The minimum Gasteiger partial charge on any atom is -0.455 e. The lowest BCUT2D eigenvalue weighted by Crippen LogP contribution is -2.42. The van der Waals surface area contributed by atoms with E-state index in [0.29, 0.717) is 31.8 Å². The van der Waals surface area contributed by atoms with Crippen LogP contribution in [0.1, 0.15) is 18.7 Å². The molecule has 4 rings (SSSR count). The molecule has 1 aliphatic rings. The summed E-state index contributed by atoms with van der Waals surface area (Å²) in [7, 11) is 0. The van der Waals surface area contributed by atoms with Crippen LogP contribution in [0.4, 0.5) is 10.5 Å². The number of amides is 2. The molecule has 0 bridgehead atoms. The molecule has 2 amide bonds. The van der Waals surface area contributed by atoms with Gasteiger partial charge in [0.05, 0.1) is 5.92 Å². The zero-order valence-electron chi connectivity index (χ0n) is 16.4. The number of piperidine rings is 1. The van der Waals surface area contributed by atoms with Crippen molar-refractivity contribution in [2.45, 2.75) is 19.4 Å². The number of likely N-dealkylation sites (tertiary alicyclic amines) is 1. The van der Waals surface area contributed by atoms with Crippen molar-refractivity contribution in [1.82, 2.24) is 15.0 Å². The SMILES string of the molecule is O=C(OCc1nc(-c2ccccc2)no1)C1CCN(C(=O)Nc2ccccc2)CC1. The van der Waals surface area contributed by atoms with Gasteiger partial charge < -0.3 is 19.5 Å². The molecule has 0 atom stereocenters. The molecule has 8 heteroatoms. The Morgan fingerprint density at radius 3 is 2.40 bits per heavy atom. The zero-order chi connectivity index (χ0) is 20.8. The second kappa shape index (κ2) is 9.21. The van der Waals surface area contributed by atoms with Crippen LogP contribution in [0.25, 0.3) is 11.4 Å². The fourth-order valence-electron chi connectivity index (χ4n) is 3.31. The number of carbonyl (C=O) groups excluding carboxylic acids is 2. The molecule has 8 nitrogen and oxygen atoms in total. The normalized spacial score (nSPS) is 14.3. The van der Waals surface area contributed by atoms with E-state index in [9.17, 15) is 9.59 Å². The number of ether oxygens (including phenoxy) is 1. The number of benzene rings is 2. The quantitative estimate of drug-likeness (QED) is 0.649. The van der Waals surface area contributed by atoms with E-state index in [1.165, 1.54) is 0 Å². The zero-order valence-corrected chi connectivity index (χ0v) is 16.4. The molecule has 1 aliphatic heterocycles. The summed E-state index contributed by atoms with van der Waals surface area (Å²) in [6.45, 7) is 0.932. The van der Waals surface area contributed by atoms with Crippen LogP contribution in [0, 0.1) is 5.92 Å². The number of aromatic nitrogens is 2. The van der Waals surface area contributed by atoms with Crippen LogP contribution in [0.3, 0.4) is 0 Å². The van der Waals surface area contributed by atoms with Gasteiger partial charge in [-0.3, -0.25) is 4.79 Å². The van der Waals surface area contributed by atoms with Crippen molar-refractivity contribution in [3.63, 3.8) is 0 Å². The first-order chi connectivity index (χ1) is 14.7. The van der Waals surface area contributed by atoms with Gasteiger partial charge in [0.2, 0.25) is 5.82 Å². The topological polar surface area (TPSA) is 97.6 Å². The first-order valence-electron chi connectivity index (χ1n) is 9.84. The number of hydrogen-bond acceptors (Lipinski definition) is 6. The fraction of sp³-hybridized carbons (Fsp3) is 0.273. The fourth-order valence-corrected chi connectivity index (χ4v) is 3.31. The van der Waals surface area contributed by atoms with Gasteiger partial charge in [-0.2, -0.15) is 4.98 Å². The summed E-state index contributed by atoms with van der Waals surface area (Å²) < 4.78 is 10.5. The highest BCUT2D eigenvalue weighted by molar-refractivity contribution is 5.89. The average Bonchev–Trinajstić information content (AvgIpc) is 3.28. The van der Waals surface area contributed by atoms with E-state index in [-0.39, 0.29) is 30.4 Å². The van der Waals surface area contributed by atoms with Gasteiger partial charge in [0.15, 0.2) is 6.61 Å². The van der Waals surface area contributed by atoms with Crippen LogP contribution in [-0.2, 0) is 16.1 Å². The summed E-state index contributed by atoms with van der Waals surface area (Å²) in [4.78, 5) is 30.7. The highest BCUT2D eigenvalue weighted by Gasteiger charge is 2.28. The van der Waals surface area contributed by atoms with Crippen LogP contribution in [0.15, 0.2) is 65.2 Å². The molecule has 1 fully saturated rings. The van der Waals surface area contributed by atoms with Crippen molar-refractivity contribution in [3.05, 3.63) is 66.6 Å². The molecular weight excluding hydrogens is 384 g/mol. The second-order valence-corrected chi connectivity index (χ2v) is 7.04. The van der Waals surface area contributed by atoms with E-state index < -0.39 is 0 Å². The maximum absolute atomic E-state index is 12.4. The molecule has 0 unspecified atom stereocenters. The van der Waals surface area contributed by atoms with Crippen molar-refractivity contribution in [2.24, 2.45) is 5.92 Å². The van der Waals surface area contributed by atoms with Crippen molar-refractivity contribution in [3.8, 4) is 11.4 Å². The molecule has 1 N–H and O–H groups in total. The van der Waals surface area contributed by atoms with Crippen molar-refractivity contribution in [2.75, 3.05) is 18.4 Å². The minimum absolute atomic E-state index is 0.0621. The highest BCUT2D eigenvalue weighted by Crippen LogP contribution is 2.21. The molecule has 0 spiro atoms. The number of esters is 1. The minimum atomic E-state index is -0.308. The van der Waals surface area contributed by atoms with Crippen LogP contribution < -0.4 is 5.32 Å². The Morgan fingerprint density at radius 2 is 1.70 bits per heavy atom. The molecule has 2 heterocycles. The summed E-state index contributed by atoms with van der Waals surface area (Å²) in [5.41, 5.74) is 1.58. The second-order valence-electron chi connectivity index (χ2n) is 7.04. The van der Waals surface area contributed by atoms with E-state index in [1.807, 2.05) is 60.7 Å². The Morgan fingerprint density at radius 1 is 1.03 bits per heavy atom. The van der Waals surface area contributed by atoms with E-state index in [0.717, 1.165) is 11.3 Å². The van der Waals surface area contributed by atoms with E-state index >= 15 is 0 Å². The Balaban J connectivity index is 1.23. The molecule has 3 aromatic rings. The standard InChI is InChI=1S/C22H22N4O4/c27-21(29-15-19-24-20(25-30-19)16-7-3-1-4-8-16)17-11-13-26(14-12-17)22(28)23-18-9-5-2-6-10-18/h1-10,17H,11-15H2,(H,23,28). The van der Waals surface area contributed by atoms with Crippen LogP contribution in [0.5, 0.6) is 0 Å². The third-order valence-electron chi connectivity index (χ3n) is 4.98. The van der Waals surface area contributed by atoms with E-state index in [4.69, 9.17) is 9.26 Å². The summed E-state index contributed by atoms with van der Waals surface area (Å²) in [5, 5.41) is 6.77. The molecule has 1 saturated heterocycles. The average molecular weight is 406 g/mol. The molecule has 0 radical (unpaired) electrons. The van der Waals surface area contributed by atoms with Gasteiger partial charge in [-0.15, -0.1) is 0 Å². The summed E-state index contributed by atoms with van der Waals surface area (Å²) in [6.07, 6.45) is 1.11. The lowest BCUT2D eigenvalue weighted by atomic mass is 9.97. The van der Waals surface area contributed by atoms with Gasteiger partial charge in [-0.05, 0) is 25.0 Å². The molecule has 30 heavy (non-hydrogen) atoms. The number of hydrogen-bond donors (Lipinski definition) is 1. The molecule has 1 aromatic heterocycles. The number of urea groups is 1. The van der Waals surface area contributed by atoms with Crippen LogP contribution >= 0.6 is 0 Å². The van der Waals surface area contributed by atoms with Gasteiger partial charge in [0.1, 0.15) is 0 Å². The largest absolute Gasteiger partial charge is 0.455 e.